The van der Waals surface area contributed by atoms with Crippen molar-refractivity contribution in [1.82, 2.24) is 5.32 Å². The van der Waals surface area contributed by atoms with E-state index in [1.165, 1.54) is 12.8 Å². The van der Waals surface area contributed by atoms with Crippen LogP contribution in [0.15, 0.2) is 18.2 Å². The molecule has 3 atom stereocenters. The molecular weight excluding hydrogens is 281 g/mol. The van der Waals surface area contributed by atoms with E-state index in [1.54, 1.807) is 0 Å². The minimum atomic E-state index is 0.215. The fourth-order valence-corrected chi connectivity index (χ4v) is 3.15. The molecule has 19 heavy (non-hydrogen) atoms. The Balaban J connectivity index is 2.02. The van der Waals surface area contributed by atoms with E-state index in [0.717, 1.165) is 18.4 Å². The molecule has 1 fully saturated rings. The highest BCUT2D eigenvalue weighted by molar-refractivity contribution is 6.42. The normalized spacial score (nSPS) is 25.3. The van der Waals surface area contributed by atoms with Gasteiger partial charge in [-0.2, -0.15) is 0 Å². The number of halogens is 2. The topological polar surface area (TPSA) is 32.3 Å². The van der Waals surface area contributed by atoms with Crippen LogP contribution in [0, 0.1) is 5.92 Å². The maximum atomic E-state index is 9.45. The first kappa shape index (κ1) is 15.1. The zero-order valence-electron chi connectivity index (χ0n) is 11.2. The van der Waals surface area contributed by atoms with Crippen LogP contribution < -0.4 is 5.32 Å². The first-order valence-electron chi connectivity index (χ1n) is 6.93. The number of hydrogen-bond donors (Lipinski definition) is 2. The first-order chi connectivity index (χ1) is 9.11. The van der Waals surface area contributed by atoms with Gasteiger partial charge < -0.3 is 10.4 Å². The van der Waals surface area contributed by atoms with Crippen LogP contribution in [0.5, 0.6) is 0 Å². The molecule has 0 radical (unpaired) electrons. The van der Waals surface area contributed by atoms with Crippen molar-refractivity contribution >= 4 is 23.2 Å². The van der Waals surface area contributed by atoms with Crippen molar-refractivity contribution in [2.24, 2.45) is 5.92 Å². The smallest absolute Gasteiger partial charge is 0.0595 e. The predicted octanol–water partition coefficient (Wildman–Crippen LogP) is 4.20. The summed E-state index contributed by atoms with van der Waals surface area (Å²) in [4.78, 5) is 0. The van der Waals surface area contributed by atoms with Crippen molar-refractivity contribution in [1.29, 1.82) is 0 Å². The zero-order chi connectivity index (χ0) is 13.8. The zero-order valence-corrected chi connectivity index (χ0v) is 12.7. The summed E-state index contributed by atoms with van der Waals surface area (Å²) in [6.07, 6.45) is 4.71. The van der Waals surface area contributed by atoms with Crippen molar-refractivity contribution in [3.63, 3.8) is 0 Å². The monoisotopic (exact) mass is 301 g/mol. The van der Waals surface area contributed by atoms with E-state index in [-0.39, 0.29) is 12.6 Å². The summed E-state index contributed by atoms with van der Waals surface area (Å²) in [5, 5.41) is 14.2. The number of aliphatic hydroxyl groups is 1. The quantitative estimate of drug-likeness (QED) is 0.874. The minimum Gasteiger partial charge on any atom is -0.396 e. The third kappa shape index (κ3) is 3.85. The summed E-state index contributed by atoms with van der Waals surface area (Å²) >= 11 is 12.0. The lowest BCUT2D eigenvalue weighted by atomic mass is 9.84. The van der Waals surface area contributed by atoms with Crippen molar-refractivity contribution in [2.75, 3.05) is 6.61 Å². The second-order valence-corrected chi connectivity index (χ2v) is 6.21. The van der Waals surface area contributed by atoms with Crippen molar-refractivity contribution in [3.05, 3.63) is 33.8 Å². The Hall–Kier alpha value is -0.280. The summed E-state index contributed by atoms with van der Waals surface area (Å²) in [7, 11) is 0. The first-order valence-corrected chi connectivity index (χ1v) is 7.69. The largest absolute Gasteiger partial charge is 0.396 e. The Morgan fingerprint density at radius 1 is 1.26 bits per heavy atom. The Kier molecular flexibility index (Phi) is 5.52. The van der Waals surface area contributed by atoms with Crippen molar-refractivity contribution in [2.45, 2.75) is 44.7 Å². The van der Waals surface area contributed by atoms with Crippen LogP contribution in [0.25, 0.3) is 0 Å². The highest BCUT2D eigenvalue weighted by Gasteiger charge is 2.25. The molecule has 0 aliphatic heterocycles. The molecule has 0 amide bonds. The van der Waals surface area contributed by atoms with Crippen LogP contribution in [0.1, 0.15) is 44.2 Å². The molecule has 106 valence electrons. The summed E-state index contributed by atoms with van der Waals surface area (Å²) in [6.45, 7) is 2.40. The Bertz CT molecular complexity index is 425. The molecule has 0 saturated heterocycles. The molecule has 2 nitrogen and oxygen atoms in total. The van der Waals surface area contributed by atoms with Gasteiger partial charge in [0.05, 0.1) is 10.0 Å². The highest BCUT2D eigenvalue weighted by Crippen LogP contribution is 2.29. The van der Waals surface area contributed by atoms with Gasteiger partial charge >= 0.3 is 0 Å². The van der Waals surface area contributed by atoms with E-state index < -0.39 is 0 Å². The van der Waals surface area contributed by atoms with E-state index >= 15 is 0 Å². The highest BCUT2D eigenvalue weighted by atomic mass is 35.5. The molecule has 1 saturated carbocycles. The summed E-state index contributed by atoms with van der Waals surface area (Å²) in [6, 6.07) is 6.36. The van der Waals surface area contributed by atoms with E-state index in [4.69, 9.17) is 23.2 Å². The maximum absolute atomic E-state index is 9.45. The number of nitrogens with one attached hydrogen (secondary N) is 1. The van der Waals surface area contributed by atoms with E-state index in [2.05, 4.69) is 12.2 Å². The lowest BCUT2D eigenvalue weighted by molar-refractivity contribution is 0.147. The molecule has 3 unspecified atom stereocenters. The number of hydrogen-bond acceptors (Lipinski definition) is 2. The number of rotatable bonds is 4. The van der Waals surface area contributed by atoms with Gasteiger partial charge in [0.15, 0.2) is 0 Å². The van der Waals surface area contributed by atoms with Crippen LogP contribution in [0.4, 0.5) is 0 Å². The standard InChI is InChI=1S/C15H21Cl2NO/c1-10(11-6-7-13(16)14(17)8-11)18-15-5-3-2-4-12(15)9-19/h6-8,10,12,15,18-19H,2-5,9H2,1H3. The molecule has 4 heteroatoms. The van der Waals surface area contributed by atoms with Gasteiger partial charge in [-0.15, -0.1) is 0 Å². The third-order valence-electron chi connectivity index (χ3n) is 4.05. The van der Waals surface area contributed by atoms with Gasteiger partial charge in [-0.3, -0.25) is 0 Å². The molecule has 0 bridgehead atoms. The second kappa shape index (κ2) is 6.94. The number of benzene rings is 1. The fourth-order valence-electron chi connectivity index (χ4n) is 2.84. The van der Waals surface area contributed by atoms with E-state index in [0.29, 0.717) is 22.0 Å². The molecule has 1 aromatic rings. The number of aliphatic hydroxyl groups excluding tert-OH is 1. The Morgan fingerprint density at radius 3 is 2.68 bits per heavy atom. The average Bonchev–Trinajstić information content (AvgIpc) is 2.42. The summed E-state index contributed by atoms with van der Waals surface area (Å²) in [5.74, 6) is 0.374. The van der Waals surface area contributed by atoms with Gasteiger partial charge in [-0.1, -0.05) is 42.1 Å². The fraction of sp³-hybridized carbons (Fsp3) is 0.600. The molecule has 2 N–H and O–H groups in total. The summed E-state index contributed by atoms with van der Waals surface area (Å²) < 4.78 is 0. The van der Waals surface area contributed by atoms with Gasteiger partial charge in [0.25, 0.3) is 0 Å². The molecule has 1 aromatic carbocycles. The molecular formula is C15H21Cl2NO. The predicted molar refractivity (Wildman–Crippen MR) is 80.8 cm³/mol. The van der Waals surface area contributed by atoms with Gasteiger partial charge in [0.2, 0.25) is 0 Å². The van der Waals surface area contributed by atoms with Crippen LogP contribution in [-0.4, -0.2) is 17.8 Å². The van der Waals surface area contributed by atoms with Crippen molar-refractivity contribution in [3.8, 4) is 0 Å². The van der Waals surface area contributed by atoms with Gasteiger partial charge in [0, 0.05) is 18.7 Å². The van der Waals surface area contributed by atoms with Gasteiger partial charge in [-0.05, 0) is 43.4 Å². The Labute approximate surface area is 125 Å². The van der Waals surface area contributed by atoms with Crippen LogP contribution in [-0.2, 0) is 0 Å². The van der Waals surface area contributed by atoms with Gasteiger partial charge in [0.1, 0.15) is 0 Å². The second-order valence-electron chi connectivity index (χ2n) is 5.40. The lowest BCUT2D eigenvalue weighted by Crippen LogP contribution is -2.41. The third-order valence-corrected chi connectivity index (χ3v) is 4.79. The molecule has 1 aliphatic carbocycles. The van der Waals surface area contributed by atoms with Gasteiger partial charge in [-0.25, -0.2) is 0 Å². The molecule has 0 heterocycles. The average molecular weight is 302 g/mol. The molecule has 2 rings (SSSR count). The van der Waals surface area contributed by atoms with Crippen molar-refractivity contribution < 1.29 is 5.11 Å². The molecule has 1 aliphatic rings. The van der Waals surface area contributed by atoms with Crippen LogP contribution in [0.2, 0.25) is 10.0 Å². The van der Waals surface area contributed by atoms with E-state index in [9.17, 15) is 5.11 Å². The molecule has 0 spiro atoms. The van der Waals surface area contributed by atoms with E-state index in [1.807, 2.05) is 18.2 Å². The summed E-state index contributed by atoms with van der Waals surface area (Å²) in [5.41, 5.74) is 1.14. The van der Waals surface area contributed by atoms with Crippen LogP contribution in [0.3, 0.4) is 0 Å². The maximum Gasteiger partial charge on any atom is 0.0595 e. The lowest BCUT2D eigenvalue weighted by Gasteiger charge is -2.33. The Morgan fingerprint density at radius 2 is 2.00 bits per heavy atom. The minimum absolute atomic E-state index is 0.215. The SMILES string of the molecule is CC(NC1CCCCC1CO)c1ccc(Cl)c(Cl)c1. The molecule has 0 aromatic heterocycles. The van der Waals surface area contributed by atoms with Crippen LogP contribution >= 0.6 is 23.2 Å².